The van der Waals surface area contributed by atoms with Crippen LogP contribution in [-0.4, -0.2) is 30.7 Å². The van der Waals surface area contributed by atoms with Gasteiger partial charge in [0.25, 0.3) is 0 Å². The van der Waals surface area contributed by atoms with E-state index < -0.39 is 0 Å². The molecule has 1 spiro atoms. The average Bonchev–Trinajstić information content (AvgIpc) is 2.75. The van der Waals surface area contributed by atoms with Crippen LogP contribution >= 0.6 is 0 Å². The number of rotatable bonds is 4. The molecule has 1 fully saturated rings. The van der Waals surface area contributed by atoms with E-state index in [1.165, 1.54) is 56.5 Å². The van der Waals surface area contributed by atoms with E-state index in [4.69, 9.17) is 0 Å². The summed E-state index contributed by atoms with van der Waals surface area (Å²) in [6, 6.07) is 0. The minimum absolute atomic E-state index is 0.484. The summed E-state index contributed by atoms with van der Waals surface area (Å²) in [4.78, 5) is 6.73. The van der Waals surface area contributed by atoms with Crippen LogP contribution < -0.4 is 0 Å². The summed E-state index contributed by atoms with van der Waals surface area (Å²) in [6.07, 6.45) is 10.6. The van der Waals surface area contributed by atoms with Crippen LogP contribution in [0.1, 0.15) is 32.6 Å². The van der Waals surface area contributed by atoms with E-state index in [0.29, 0.717) is 5.41 Å². The Balaban J connectivity index is 2.06. The van der Waals surface area contributed by atoms with E-state index in [2.05, 4.69) is 30.0 Å². The van der Waals surface area contributed by atoms with Crippen LogP contribution in [0.5, 0.6) is 0 Å². The predicted octanol–water partition coefficient (Wildman–Crippen LogP) is 3.58. The highest BCUT2D eigenvalue weighted by Gasteiger charge is 2.39. The molecule has 1 heterocycles. The molecule has 2 nitrogen and oxygen atoms in total. The van der Waals surface area contributed by atoms with Crippen molar-refractivity contribution in [2.45, 2.75) is 32.6 Å². The van der Waals surface area contributed by atoms with Crippen LogP contribution in [0, 0.1) is 5.41 Å². The topological polar surface area (TPSA) is 15.6 Å². The van der Waals surface area contributed by atoms with Gasteiger partial charge < -0.3 is 4.90 Å². The van der Waals surface area contributed by atoms with Crippen molar-refractivity contribution in [2.24, 2.45) is 10.4 Å². The smallest absolute Gasteiger partial charge is 0.0302 e. The molecule has 18 heavy (non-hydrogen) atoms. The van der Waals surface area contributed by atoms with Crippen LogP contribution in [0.25, 0.3) is 0 Å². The number of hydrogen-bond acceptors (Lipinski definition) is 2. The van der Waals surface area contributed by atoms with E-state index in [9.17, 15) is 0 Å². The standard InChI is InChI=1S/C16H24N2/c1-4-14-11-16(12-15(14)13-17-5-2)7-9-18(6-3)10-8-16/h4-5,13H,1-2,6-12H2,3H3/b17-13-. The van der Waals surface area contributed by atoms with Crippen molar-refractivity contribution in [1.29, 1.82) is 0 Å². The first-order valence-corrected chi connectivity index (χ1v) is 6.94. The molecule has 0 radical (unpaired) electrons. The van der Waals surface area contributed by atoms with Crippen LogP contribution in [0.3, 0.4) is 0 Å². The molecule has 2 rings (SSSR count). The molecule has 0 amide bonds. The van der Waals surface area contributed by atoms with E-state index in [1.807, 2.05) is 12.3 Å². The highest BCUT2D eigenvalue weighted by atomic mass is 15.1. The lowest BCUT2D eigenvalue weighted by Crippen LogP contribution is -2.39. The van der Waals surface area contributed by atoms with Gasteiger partial charge in [0.2, 0.25) is 0 Å². The fraction of sp³-hybridized carbons (Fsp3) is 0.562. The number of allylic oxidation sites excluding steroid dienone is 3. The van der Waals surface area contributed by atoms with E-state index >= 15 is 0 Å². The van der Waals surface area contributed by atoms with Crippen molar-refractivity contribution in [3.05, 3.63) is 36.6 Å². The third-order valence-electron chi connectivity index (χ3n) is 4.49. The second-order valence-electron chi connectivity index (χ2n) is 5.50. The Hall–Kier alpha value is -1.15. The van der Waals surface area contributed by atoms with Gasteiger partial charge in [-0.05, 0) is 61.9 Å². The molecule has 0 aromatic heterocycles. The third-order valence-corrected chi connectivity index (χ3v) is 4.49. The van der Waals surface area contributed by atoms with E-state index in [0.717, 1.165) is 0 Å². The molecule has 0 aromatic rings. The van der Waals surface area contributed by atoms with Gasteiger partial charge in [-0.2, -0.15) is 0 Å². The maximum Gasteiger partial charge on any atom is 0.0302 e. The van der Waals surface area contributed by atoms with E-state index in [1.54, 1.807) is 6.20 Å². The van der Waals surface area contributed by atoms with Gasteiger partial charge in [-0.3, -0.25) is 4.99 Å². The Bertz CT molecular complexity index is 382. The maximum atomic E-state index is 4.18. The number of piperidine rings is 1. The molecule has 0 bridgehead atoms. The van der Waals surface area contributed by atoms with Gasteiger partial charge in [-0.25, -0.2) is 0 Å². The molecular weight excluding hydrogens is 220 g/mol. The Morgan fingerprint density at radius 1 is 1.22 bits per heavy atom. The fourth-order valence-corrected chi connectivity index (χ4v) is 3.27. The third kappa shape index (κ3) is 2.64. The van der Waals surface area contributed by atoms with Crippen molar-refractivity contribution >= 4 is 6.21 Å². The van der Waals surface area contributed by atoms with Crippen molar-refractivity contribution in [3.63, 3.8) is 0 Å². The largest absolute Gasteiger partial charge is 0.304 e. The second-order valence-corrected chi connectivity index (χ2v) is 5.50. The Kier molecular flexibility index (Phi) is 4.18. The van der Waals surface area contributed by atoms with Crippen molar-refractivity contribution in [3.8, 4) is 0 Å². The monoisotopic (exact) mass is 244 g/mol. The fourth-order valence-electron chi connectivity index (χ4n) is 3.27. The highest BCUT2D eigenvalue weighted by molar-refractivity contribution is 5.82. The number of aliphatic imine (C=N–C) groups is 1. The summed E-state index contributed by atoms with van der Waals surface area (Å²) in [5, 5.41) is 0. The number of hydrogen-bond donors (Lipinski definition) is 0. The molecule has 2 heteroatoms. The van der Waals surface area contributed by atoms with Crippen LogP contribution in [0.2, 0.25) is 0 Å². The Labute approximate surface area is 111 Å². The minimum Gasteiger partial charge on any atom is -0.304 e. The molecular formula is C16H24N2. The first kappa shape index (κ1) is 13.3. The molecule has 0 N–H and O–H groups in total. The zero-order valence-corrected chi connectivity index (χ0v) is 11.5. The van der Waals surface area contributed by atoms with Crippen LogP contribution in [-0.2, 0) is 0 Å². The molecule has 0 aromatic carbocycles. The number of likely N-dealkylation sites (tertiary alicyclic amines) is 1. The summed E-state index contributed by atoms with van der Waals surface area (Å²) >= 11 is 0. The average molecular weight is 244 g/mol. The highest BCUT2D eigenvalue weighted by Crippen LogP contribution is 2.48. The van der Waals surface area contributed by atoms with Gasteiger partial charge in [-0.15, -0.1) is 0 Å². The number of nitrogens with zero attached hydrogens (tertiary/aromatic N) is 2. The summed E-state index contributed by atoms with van der Waals surface area (Å²) < 4.78 is 0. The summed E-state index contributed by atoms with van der Waals surface area (Å²) in [7, 11) is 0. The quantitative estimate of drug-likeness (QED) is 0.690. The molecule has 0 atom stereocenters. The Morgan fingerprint density at radius 2 is 1.89 bits per heavy atom. The van der Waals surface area contributed by atoms with Gasteiger partial charge in [-0.1, -0.05) is 26.2 Å². The normalized spacial score (nSPS) is 24.1. The van der Waals surface area contributed by atoms with Crippen molar-refractivity contribution < 1.29 is 0 Å². The molecule has 0 saturated carbocycles. The Morgan fingerprint density at radius 3 is 2.44 bits per heavy atom. The predicted molar refractivity (Wildman–Crippen MR) is 78.9 cm³/mol. The van der Waals surface area contributed by atoms with Gasteiger partial charge in [0.05, 0.1) is 0 Å². The molecule has 1 aliphatic heterocycles. The SMILES string of the molecule is C=C/N=C\C1=C(C=C)CC2(CCN(CC)CC2)C1. The first-order valence-electron chi connectivity index (χ1n) is 6.94. The van der Waals surface area contributed by atoms with Crippen molar-refractivity contribution in [2.75, 3.05) is 19.6 Å². The zero-order valence-electron chi connectivity index (χ0n) is 11.5. The molecule has 1 saturated heterocycles. The lowest BCUT2D eigenvalue weighted by Gasteiger charge is -2.39. The molecule has 98 valence electrons. The summed E-state index contributed by atoms with van der Waals surface area (Å²) in [6.45, 7) is 13.5. The lowest BCUT2D eigenvalue weighted by molar-refractivity contribution is 0.116. The molecule has 0 unspecified atom stereocenters. The first-order chi connectivity index (χ1) is 8.73. The van der Waals surface area contributed by atoms with E-state index in [-0.39, 0.29) is 0 Å². The van der Waals surface area contributed by atoms with Gasteiger partial charge >= 0.3 is 0 Å². The molecule has 2 aliphatic rings. The minimum atomic E-state index is 0.484. The van der Waals surface area contributed by atoms with Crippen molar-refractivity contribution in [1.82, 2.24) is 4.90 Å². The second kappa shape index (κ2) is 5.66. The summed E-state index contributed by atoms with van der Waals surface area (Å²) in [5.41, 5.74) is 3.25. The lowest BCUT2D eigenvalue weighted by atomic mass is 9.75. The van der Waals surface area contributed by atoms with Gasteiger partial charge in [0.1, 0.15) is 0 Å². The zero-order chi connectivity index (χ0) is 13.0. The molecule has 1 aliphatic carbocycles. The van der Waals surface area contributed by atoms with Gasteiger partial charge in [0.15, 0.2) is 0 Å². The maximum absolute atomic E-state index is 4.18. The van der Waals surface area contributed by atoms with Crippen LogP contribution in [0.15, 0.2) is 41.6 Å². The van der Waals surface area contributed by atoms with Gasteiger partial charge in [0, 0.05) is 12.4 Å². The summed E-state index contributed by atoms with van der Waals surface area (Å²) in [5.74, 6) is 0. The van der Waals surface area contributed by atoms with Crippen LogP contribution in [0.4, 0.5) is 0 Å².